The molecule has 6 rings (SSSR count). The number of pyridine rings is 1. The number of rotatable bonds is 9. The number of ether oxygens (including phenoxy) is 4. The number of nitrogens with one attached hydrogen (secondary N) is 3. The van der Waals surface area contributed by atoms with Crippen LogP contribution in [0.5, 0.6) is 17.4 Å². The summed E-state index contributed by atoms with van der Waals surface area (Å²) in [6.07, 6.45) is 5.56. The first kappa shape index (κ1) is 42.9. The van der Waals surface area contributed by atoms with E-state index in [9.17, 15) is 32.7 Å². The van der Waals surface area contributed by atoms with Crippen molar-refractivity contribution in [3.05, 3.63) is 36.3 Å². The van der Waals surface area contributed by atoms with Gasteiger partial charge in [0.25, 0.3) is 5.91 Å². The molecule has 2 saturated carbocycles. The number of aliphatic hydroxyl groups excluding tert-OH is 1. The smallest absolute Gasteiger partial charge is 0.408 e. The second-order valence-electron chi connectivity index (χ2n) is 17.1. The van der Waals surface area contributed by atoms with Gasteiger partial charge in [0.1, 0.15) is 39.8 Å². The zero-order valence-corrected chi connectivity index (χ0v) is 34.7. The van der Waals surface area contributed by atoms with Crippen LogP contribution in [0.15, 0.2) is 30.5 Å². The third-order valence-electron chi connectivity index (χ3n) is 11.6. The Balaban J connectivity index is 1.37. The summed E-state index contributed by atoms with van der Waals surface area (Å²) < 4.78 is 64.8. The van der Waals surface area contributed by atoms with Crippen LogP contribution >= 0.6 is 0 Å². The predicted octanol–water partition coefficient (Wildman–Crippen LogP) is 3.49. The molecule has 4 aliphatic rings. The van der Waals surface area contributed by atoms with Crippen molar-refractivity contribution in [2.75, 3.05) is 27.4 Å². The van der Waals surface area contributed by atoms with Gasteiger partial charge >= 0.3 is 6.09 Å². The normalized spacial score (nSPS) is 29.1. The van der Waals surface area contributed by atoms with E-state index in [4.69, 9.17) is 18.9 Å². The Bertz CT molecular complexity index is 2090. The number of hydrogen-bond donors (Lipinski definition) is 4. The van der Waals surface area contributed by atoms with Crippen molar-refractivity contribution in [1.82, 2.24) is 25.2 Å². The predicted molar refractivity (Wildman–Crippen MR) is 209 cm³/mol. The maximum Gasteiger partial charge on any atom is 0.408 e. The average Bonchev–Trinajstić information content (AvgIpc) is 4.05. The third kappa shape index (κ3) is 8.67. The zero-order chi connectivity index (χ0) is 42.4. The molecule has 1 aromatic carbocycles. The molecular formula is C40H54FN5O11S. The highest BCUT2D eigenvalue weighted by molar-refractivity contribution is 7.91. The lowest BCUT2D eigenvalue weighted by molar-refractivity contribution is -0.142. The maximum absolute atomic E-state index is 15.1. The summed E-state index contributed by atoms with van der Waals surface area (Å²) >= 11 is 0. The number of methoxy groups -OCH3 is 2. The van der Waals surface area contributed by atoms with Crippen LogP contribution in [0.2, 0.25) is 0 Å². The second kappa shape index (κ2) is 16.2. The van der Waals surface area contributed by atoms with Gasteiger partial charge in [-0.15, -0.1) is 0 Å². The van der Waals surface area contributed by atoms with Gasteiger partial charge in [-0.1, -0.05) is 26.0 Å². The quantitative estimate of drug-likeness (QED) is 0.268. The SMILES string of the molecule is COc1cc2c(OC)cnc(O[C@@H]3C[C@H]4C(=O)N[C@]5(C(=O)NS(=O)(=O)C6(CO)CC6)C[C@H]5/C=C\CC[C@@H](C)C[C@@H](C)[C@H](NC(=O)OC(C)(C)C)C(=O)N4C3)c2cc1F. The Hall–Kier alpha value is -4.71. The summed E-state index contributed by atoms with van der Waals surface area (Å²) in [4.78, 5) is 62.2. The summed E-state index contributed by atoms with van der Waals surface area (Å²) in [5, 5.41) is 16.1. The van der Waals surface area contributed by atoms with E-state index in [-0.39, 0.29) is 55.2 Å². The van der Waals surface area contributed by atoms with Crippen molar-refractivity contribution in [3.8, 4) is 17.4 Å². The number of sulfonamides is 1. The Morgan fingerprint density at radius 1 is 1.09 bits per heavy atom. The van der Waals surface area contributed by atoms with Gasteiger partial charge in [0.05, 0.1) is 39.0 Å². The molecule has 7 atom stereocenters. The minimum atomic E-state index is -4.30. The van der Waals surface area contributed by atoms with Gasteiger partial charge in [0, 0.05) is 17.7 Å². The Labute approximate surface area is 337 Å². The van der Waals surface area contributed by atoms with Crippen LogP contribution in [0.1, 0.15) is 79.6 Å². The standard InChI is InChI=1S/C40H54FN5O11S/c1-22-10-8-9-11-24-18-40(24,36(50)45-58(52,53)39(21-47)12-13-39)44-33(48)29-15-25(20-46(29)35(49)32(23(2)14-22)43-37(51)57-38(3,4)5)56-34-27-16-28(41)30(54-6)17-26(27)31(55-7)19-42-34/h9,11,16-17,19,22-25,29,32,47H,8,10,12-15,18,20-21H2,1-7H3,(H,43,51)(H,44,48)(H,45,50)/b11-9-/t22-,23-,24-,25-,29+,32+,40-/m1/s1. The summed E-state index contributed by atoms with van der Waals surface area (Å²) in [6, 6.07) is 0.224. The molecule has 3 heterocycles. The molecule has 1 aromatic heterocycles. The van der Waals surface area contributed by atoms with E-state index >= 15 is 4.39 Å². The van der Waals surface area contributed by atoms with E-state index in [0.29, 0.717) is 30.4 Å². The van der Waals surface area contributed by atoms with Gasteiger partial charge in [0.2, 0.25) is 27.7 Å². The van der Waals surface area contributed by atoms with Crippen LogP contribution < -0.4 is 29.6 Å². The third-order valence-corrected chi connectivity index (χ3v) is 13.7. The van der Waals surface area contributed by atoms with Gasteiger partial charge in [0.15, 0.2) is 11.6 Å². The lowest BCUT2D eigenvalue weighted by Crippen LogP contribution is -2.59. The van der Waals surface area contributed by atoms with Crippen LogP contribution in [0, 0.1) is 23.6 Å². The highest BCUT2D eigenvalue weighted by Crippen LogP contribution is 2.48. The van der Waals surface area contributed by atoms with Gasteiger partial charge in [-0.2, -0.15) is 0 Å². The number of nitrogens with zero attached hydrogens (tertiary/aromatic N) is 2. The molecular weight excluding hydrogens is 778 g/mol. The lowest BCUT2D eigenvalue weighted by atomic mass is 9.88. The zero-order valence-electron chi connectivity index (χ0n) is 33.9. The molecule has 4 N–H and O–H groups in total. The maximum atomic E-state index is 15.1. The molecule has 2 aliphatic heterocycles. The fourth-order valence-corrected chi connectivity index (χ4v) is 9.44. The van der Waals surface area contributed by atoms with Crippen LogP contribution in [-0.2, 0) is 29.1 Å². The summed E-state index contributed by atoms with van der Waals surface area (Å²) in [5.74, 6) is -3.59. The van der Waals surface area contributed by atoms with E-state index in [2.05, 4.69) is 20.3 Å². The van der Waals surface area contributed by atoms with E-state index in [0.717, 1.165) is 0 Å². The van der Waals surface area contributed by atoms with E-state index in [1.807, 2.05) is 19.9 Å². The molecule has 0 radical (unpaired) electrons. The first-order valence-corrected chi connectivity index (χ1v) is 21.1. The fourth-order valence-electron chi connectivity index (χ4n) is 7.98. The van der Waals surface area contributed by atoms with Crippen molar-refractivity contribution in [3.63, 3.8) is 0 Å². The number of carbonyl (C=O) groups is 4. The van der Waals surface area contributed by atoms with E-state index in [1.54, 1.807) is 26.8 Å². The van der Waals surface area contributed by atoms with Crippen molar-refractivity contribution in [2.24, 2.45) is 17.8 Å². The molecule has 0 bridgehead atoms. The molecule has 318 valence electrons. The number of carbonyl (C=O) groups excluding carboxylic acids is 4. The highest BCUT2D eigenvalue weighted by Gasteiger charge is 2.64. The Morgan fingerprint density at radius 3 is 2.43 bits per heavy atom. The Kier molecular flexibility index (Phi) is 11.9. The number of amides is 4. The van der Waals surface area contributed by atoms with Crippen LogP contribution in [0.25, 0.3) is 10.8 Å². The second-order valence-corrected chi connectivity index (χ2v) is 19.2. The number of halogens is 1. The topological polar surface area (TPSA) is 212 Å². The summed E-state index contributed by atoms with van der Waals surface area (Å²) in [6.45, 7) is 8.13. The van der Waals surface area contributed by atoms with E-state index in [1.165, 1.54) is 37.4 Å². The van der Waals surface area contributed by atoms with E-state index < -0.39 is 92.2 Å². The molecule has 1 saturated heterocycles. The molecule has 16 nitrogen and oxygen atoms in total. The molecule has 18 heteroatoms. The first-order chi connectivity index (χ1) is 27.3. The molecule has 2 aliphatic carbocycles. The number of allylic oxidation sites excluding steroid dienone is 1. The summed E-state index contributed by atoms with van der Waals surface area (Å²) in [5.41, 5.74) is -2.54. The lowest BCUT2D eigenvalue weighted by Gasteiger charge is -2.33. The van der Waals surface area contributed by atoms with Crippen molar-refractivity contribution < 1.29 is 56.0 Å². The van der Waals surface area contributed by atoms with Gasteiger partial charge in [-0.25, -0.2) is 22.6 Å². The number of aliphatic hydroxyl groups is 1. The monoisotopic (exact) mass is 831 g/mol. The molecule has 58 heavy (non-hydrogen) atoms. The number of alkyl carbamates (subject to hydrolysis) is 1. The van der Waals surface area contributed by atoms with Gasteiger partial charge in [-0.05, 0) is 83.3 Å². The van der Waals surface area contributed by atoms with Crippen molar-refractivity contribution >= 4 is 44.6 Å². The average molecular weight is 832 g/mol. The highest BCUT2D eigenvalue weighted by atomic mass is 32.2. The molecule has 0 spiro atoms. The van der Waals surface area contributed by atoms with Crippen LogP contribution in [-0.4, -0.2) is 109 Å². The number of hydrogen-bond acceptors (Lipinski definition) is 12. The number of benzene rings is 1. The fraction of sp³-hybridized carbons (Fsp3) is 0.625. The van der Waals surface area contributed by atoms with Crippen molar-refractivity contribution in [1.29, 1.82) is 0 Å². The minimum Gasteiger partial charge on any atom is -0.494 e. The van der Waals surface area contributed by atoms with Crippen LogP contribution in [0.4, 0.5) is 9.18 Å². The van der Waals surface area contributed by atoms with Crippen molar-refractivity contribution in [2.45, 2.75) is 114 Å². The summed E-state index contributed by atoms with van der Waals surface area (Å²) in [7, 11) is -1.54. The minimum absolute atomic E-state index is 0.00471. The number of aromatic nitrogens is 1. The molecule has 2 aromatic rings. The molecule has 0 unspecified atom stereocenters. The van der Waals surface area contributed by atoms with Crippen LogP contribution in [0.3, 0.4) is 0 Å². The largest absolute Gasteiger partial charge is 0.494 e. The first-order valence-electron chi connectivity index (χ1n) is 19.6. The van der Waals surface area contributed by atoms with Gasteiger partial charge in [-0.3, -0.25) is 19.1 Å². The molecule has 4 amide bonds. The molecule has 3 fully saturated rings. The Morgan fingerprint density at radius 2 is 1.79 bits per heavy atom. The number of fused-ring (bicyclic) bond motifs is 3. The van der Waals surface area contributed by atoms with Gasteiger partial charge < -0.3 is 39.6 Å².